The Morgan fingerprint density at radius 3 is 2.53 bits per heavy atom. The fraction of sp³-hybridized carbons (Fsp3) is 0.643. The van der Waals surface area contributed by atoms with Crippen LogP contribution in [-0.2, 0) is 0 Å². The average Bonchev–Trinajstić information content (AvgIpc) is 2.24. The molecule has 1 aromatic heterocycles. The summed E-state index contributed by atoms with van der Waals surface area (Å²) in [5.74, 6) is -0.279. The molecule has 0 bridgehead atoms. The lowest BCUT2D eigenvalue weighted by molar-refractivity contribution is 0.346. The van der Waals surface area contributed by atoms with Crippen molar-refractivity contribution in [2.24, 2.45) is 5.41 Å². The first kappa shape index (κ1) is 14.1. The van der Waals surface area contributed by atoms with Gasteiger partial charge in [0.05, 0.1) is 11.9 Å². The summed E-state index contributed by atoms with van der Waals surface area (Å²) in [4.78, 5) is 4.13. The molecule has 1 heterocycles. The highest BCUT2D eigenvalue weighted by Crippen LogP contribution is 2.25. The molecule has 0 fully saturated rings. The van der Waals surface area contributed by atoms with Crippen LogP contribution < -0.4 is 5.32 Å². The van der Waals surface area contributed by atoms with E-state index in [1.54, 1.807) is 6.07 Å². The molecule has 0 aliphatic heterocycles. The first-order valence-electron chi connectivity index (χ1n) is 6.21. The zero-order valence-corrected chi connectivity index (χ0v) is 11.3. The molecule has 2 nitrogen and oxygen atoms in total. The van der Waals surface area contributed by atoms with Gasteiger partial charge in [0.2, 0.25) is 0 Å². The van der Waals surface area contributed by atoms with E-state index in [2.05, 4.69) is 31.1 Å². The van der Waals surface area contributed by atoms with Crippen LogP contribution in [0.15, 0.2) is 18.3 Å². The standard InChI is InChI=1S/C14H23FN2/c1-14(2,3)9-5-6-12(16-4)13-8-7-11(15)10-17-13/h7-8,10,12,16H,5-6,9H2,1-4H3. The molecule has 0 radical (unpaired) electrons. The number of hydrogen-bond acceptors (Lipinski definition) is 2. The third kappa shape index (κ3) is 5.26. The van der Waals surface area contributed by atoms with E-state index in [0.717, 1.165) is 18.5 Å². The fourth-order valence-corrected chi connectivity index (χ4v) is 1.87. The van der Waals surface area contributed by atoms with E-state index in [4.69, 9.17) is 0 Å². The van der Waals surface area contributed by atoms with Gasteiger partial charge in [-0.1, -0.05) is 27.2 Å². The number of hydrogen-bond donors (Lipinski definition) is 1. The Balaban J connectivity index is 2.51. The summed E-state index contributed by atoms with van der Waals surface area (Å²) < 4.78 is 12.8. The van der Waals surface area contributed by atoms with E-state index >= 15 is 0 Å². The second kappa shape index (κ2) is 6.10. The third-order valence-corrected chi connectivity index (χ3v) is 2.88. The van der Waals surface area contributed by atoms with Crippen molar-refractivity contribution in [2.75, 3.05) is 7.05 Å². The van der Waals surface area contributed by atoms with E-state index in [9.17, 15) is 4.39 Å². The van der Waals surface area contributed by atoms with Gasteiger partial charge in [0.1, 0.15) is 5.82 Å². The molecule has 0 spiro atoms. The second-order valence-electron chi connectivity index (χ2n) is 5.70. The minimum atomic E-state index is -0.279. The van der Waals surface area contributed by atoms with Gasteiger partial charge in [-0.15, -0.1) is 0 Å². The zero-order valence-electron chi connectivity index (χ0n) is 11.3. The first-order valence-corrected chi connectivity index (χ1v) is 6.21. The molecule has 0 saturated heterocycles. The molecule has 0 aliphatic rings. The number of halogens is 1. The first-order chi connectivity index (χ1) is 7.92. The summed E-state index contributed by atoms with van der Waals surface area (Å²) in [6, 6.07) is 3.45. The van der Waals surface area contributed by atoms with E-state index in [-0.39, 0.29) is 11.9 Å². The summed E-state index contributed by atoms with van der Waals surface area (Å²) in [5, 5.41) is 3.24. The second-order valence-corrected chi connectivity index (χ2v) is 5.70. The smallest absolute Gasteiger partial charge is 0.141 e. The molecule has 1 atom stereocenters. The molecule has 96 valence electrons. The van der Waals surface area contributed by atoms with Gasteiger partial charge < -0.3 is 5.32 Å². The minimum absolute atomic E-state index is 0.220. The predicted molar refractivity (Wildman–Crippen MR) is 69.3 cm³/mol. The Hall–Kier alpha value is -0.960. The number of rotatable bonds is 5. The zero-order chi connectivity index (χ0) is 12.9. The third-order valence-electron chi connectivity index (χ3n) is 2.88. The summed E-state index contributed by atoms with van der Waals surface area (Å²) >= 11 is 0. The van der Waals surface area contributed by atoms with Crippen molar-refractivity contribution in [3.63, 3.8) is 0 Å². The monoisotopic (exact) mass is 238 g/mol. The number of aromatic nitrogens is 1. The Morgan fingerprint density at radius 2 is 2.06 bits per heavy atom. The maximum Gasteiger partial charge on any atom is 0.141 e. The van der Waals surface area contributed by atoms with Gasteiger partial charge in [0.15, 0.2) is 0 Å². The van der Waals surface area contributed by atoms with Gasteiger partial charge in [0, 0.05) is 6.04 Å². The van der Waals surface area contributed by atoms with Crippen molar-refractivity contribution in [2.45, 2.75) is 46.1 Å². The van der Waals surface area contributed by atoms with Crippen molar-refractivity contribution in [3.05, 3.63) is 29.8 Å². The molecule has 0 saturated carbocycles. The molecule has 17 heavy (non-hydrogen) atoms. The van der Waals surface area contributed by atoms with Crippen molar-refractivity contribution >= 4 is 0 Å². The van der Waals surface area contributed by atoms with E-state index in [0.29, 0.717) is 5.41 Å². The van der Waals surface area contributed by atoms with Gasteiger partial charge in [-0.25, -0.2) is 4.39 Å². The summed E-state index contributed by atoms with van der Waals surface area (Å²) in [6.45, 7) is 6.74. The quantitative estimate of drug-likeness (QED) is 0.846. The molecule has 1 rings (SSSR count). The van der Waals surface area contributed by atoms with Gasteiger partial charge >= 0.3 is 0 Å². The lowest BCUT2D eigenvalue weighted by atomic mass is 9.88. The Bertz CT molecular complexity index is 327. The van der Waals surface area contributed by atoms with Crippen molar-refractivity contribution in [3.8, 4) is 0 Å². The molecule has 0 aromatic carbocycles. The number of pyridine rings is 1. The van der Waals surface area contributed by atoms with Crippen LogP contribution in [0.2, 0.25) is 0 Å². The van der Waals surface area contributed by atoms with Crippen LogP contribution in [0.25, 0.3) is 0 Å². The lowest BCUT2D eigenvalue weighted by Crippen LogP contribution is -2.18. The van der Waals surface area contributed by atoms with Crippen LogP contribution >= 0.6 is 0 Å². The van der Waals surface area contributed by atoms with Crippen LogP contribution in [0.5, 0.6) is 0 Å². The van der Waals surface area contributed by atoms with E-state index in [1.807, 2.05) is 7.05 Å². The van der Waals surface area contributed by atoms with Gasteiger partial charge in [-0.2, -0.15) is 0 Å². The van der Waals surface area contributed by atoms with Crippen LogP contribution in [-0.4, -0.2) is 12.0 Å². The average molecular weight is 238 g/mol. The highest BCUT2D eigenvalue weighted by atomic mass is 19.1. The Labute approximate surface area is 104 Å². The normalized spacial score (nSPS) is 13.7. The van der Waals surface area contributed by atoms with Crippen LogP contribution in [0, 0.1) is 11.2 Å². The lowest BCUT2D eigenvalue weighted by Gasteiger charge is -2.20. The van der Waals surface area contributed by atoms with Crippen LogP contribution in [0.3, 0.4) is 0 Å². The Kier molecular flexibility index (Phi) is 5.06. The van der Waals surface area contributed by atoms with Crippen LogP contribution in [0.4, 0.5) is 4.39 Å². The fourth-order valence-electron chi connectivity index (χ4n) is 1.87. The molecule has 1 unspecified atom stereocenters. The summed E-state index contributed by atoms with van der Waals surface area (Å²) in [7, 11) is 1.92. The molecular formula is C14H23FN2. The number of nitrogens with one attached hydrogen (secondary N) is 1. The van der Waals surface area contributed by atoms with Crippen LogP contribution in [0.1, 0.15) is 51.8 Å². The molecule has 1 aromatic rings. The largest absolute Gasteiger partial charge is 0.312 e. The van der Waals surface area contributed by atoms with Gasteiger partial charge in [-0.3, -0.25) is 4.98 Å². The molecular weight excluding hydrogens is 215 g/mol. The number of nitrogens with zero attached hydrogens (tertiary/aromatic N) is 1. The molecule has 3 heteroatoms. The van der Waals surface area contributed by atoms with Crippen molar-refractivity contribution < 1.29 is 4.39 Å². The molecule has 0 aliphatic carbocycles. The Morgan fingerprint density at radius 1 is 1.35 bits per heavy atom. The SMILES string of the molecule is CNC(CCCC(C)(C)C)c1ccc(F)cn1. The molecule has 0 amide bonds. The maximum atomic E-state index is 12.8. The van der Waals surface area contributed by atoms with Crippen molar-refractivity contribution in [1.29, 1.82) is 0 Å². The van der Waals surface area contributed by atoms with E-state index < -0.39 is 0 Å². The minimum Gasteiger partial charge on any atom is -0.312 e. The van der Waals surface area contributed by atoms with Gasteiger partial charge in [-0.05, 0) is 37.4 Å². The predicted octanol–water partition coefficient (Wildman–Crippen LogP) is 3.70. The summed E-state index contributed by atoms with van der Waals surface area (Å²) in [6.07, 6.45) is 4.65. The highest BCUT2D eigenvalue weighted by molar-refractivity contribution is 5.09. The van der Waals surface area contributed by atoms with Gasteiger partial charge in [0.25, 0.3) is 0 Å². The maximum absolute atomic E-state index is 12.8. The topological polar surface area (TPSA) is 24.9 Å². The molecule has 1 N–H and O–H groups in total. The van der Waals surface area contributed by atoms with Crippen molar-refractivity contribution in [1.82, 2.24) is 10.3 Å². The van der Waals surface area contributed by atoms with E-state index in [1.165, 1.54) is 18.7 Å². The highest BCUT2D eigenvalue weighted by Gasteiger charge is 2.14. The summed E-state index contributed by atoms with van der Waals surface area (Å²) in [5.41, 5.74) is 1.29.